The first kappa shape index (κ1) is 54.8. The Bertz CT molecular complexity index is 5150. The van der Waals surface area contributed by atoms with Gasteiger partial charge < -0.3 is 4.90 Å². The van der Waals surface area contributed by atoms with Gasteiger partial charge in [-0.3, -0.25) is 0 Å². The Morgan fingerprint density at radius 2 is 0.756 bits per heavy atom. The van der Waals surface area contributed by atoms with Crippen molar-refractivity contribution in [1.29, 1.82) is 0 Å². The van der Waals surface area contributed by atoms with Crippen molar-refractivity contribution in [2.45, 2.75) is 31.6 Å². The van der Waals surface area contributed by atoms with Crippen molar-refractivity contribution in [3.05, 3.63) is 329 Å². The Hall–Kier alpha value is -11.8. The molecule has 1 unspecified atom stereocenters. The van der Waals surface area contributed by atoms with E-state index in [0.717, 1.165) is 89.4 Å². The highest BCUT2D eigenvalue weighted by Crippen LogP contribution is 2.61. The second-order valence-corrected chi connectivity index (χ2v) is 24.2. The number of para-hydroxylation sites is 2. The summed E-state index contributed by atoms with van der Waals surface area (Å²) in [4.78, 5) is 2.42. The van der Waals surface area contributed by atoms with Crippen LogP contribution in [0, 0.1) is 49.4 Å². The number of hydrogen-bond donors (Lipinski definition) is 0. The minimum atomic E-state index is -0.650. The first-order valence-electron chi connectivity index (χ1n) is 30.5. The van der Waals surface area contributed by atoms with Crippen LogP contribution in [0.2, 0.25) is 0 Å². The van der Waals surface area contributed by atoms with Crippen molar-refractivity contribution in [1.82, 2.24) is 0 Å². The molecule has 0 amide bonds. The van der Waals surface area contributed by atoms with Crippen molar-refractivity contribution < 1.29 is 0 Å². The standard InChI is InChI=1S/C89H59N/c1-8-58-34-28-43-73(71(58)10-3)75-47-46-62(54-79(75)74-44-29-35-59(9-2)72(74)11-4)66-51-67(65-49-63(60-30-16-12-17-31-60)48-64(50-65)61-32-18-13-19-33-61)53-68(52-66)89(7)82-45-27-26-40-76(82)80-55-83-81(56-84(80)89)87-78-42-25-24-41-77(78)86(57-85(87)88(83,5)6)90(69-36-20-14-21-37-69)70-38-22-15-23-39-70/h1-4,12-57H,5-7H3. The molecular weight excluding hydrogens is 1080 g/mol. The Morgan fingerprint density at radius 3 is 1.32 bits per heavy atom. The van der Waals surface area contributed by atoms with E-state index in [9.17, 15) is 0 Å². The summed E-state index contributed by atoms with van der Waals surface area (Å²) in [6.07, 6.45) is 25.1. The van der Waals surface area contributed by atoms with Gasteiger partial charge in [-0.1, -0.05) is 220 Å². The molecule has 0 aliphatic heterocycles. The molecule has 0 aromatic heterocycles. The fourth-order valence-corrected chi connectivity index (χ4v) is 14.5. The molecule has 13 aromatic carbocycles. The van der Waals surface area contributed by atoms with E-state index < -0.39 is 5.41 Å². The maximum absolute atomic E-state index is 6.44. The van der Waals surface area contributed by atoms with Gasteiger partial charge in [0.2, 0.25) is 0 Å². The SMILES string of the molecule is C#Cc1cccc(-c2ccc(-c3cc(-c4cc(-c5ccccc5)cc(-c5ccccc5)c4)cc(C4(C)c5ccccc5-c5cc6c(cc54)-c4c(cc(N(c5ccccc5)c5ccccc5)c5ccccc45)C6(C)C)c3)cc2-c2cccc(C#C)c2C#C)c1C#C. The Morgan fingerprint density at radius 1 is 0.289 bits per heavy atom. The second kappa shape index (κ2) is 21.8. The molecule has 0 fully saturated rings. The molecule has 0 radical (unpaired) electrons. The fourth-order valence-electron chi connectivity index (χ4n) is 14.5. The van der Waals surface area contributed by atoms with Crippen LogP contribution in [0.1, 0.15) is 70.8 Å². The van der Waals surface area contributed by atoms with Gasteiger partial charge in [-0.05, 0) is 226 Å². The first-order chi connectivity index (χ1) is 44.1. The van der Waals surface area contributed by atoms with E-state index in [4.69, 9.17) is 25.7 Å². The number of anilines is 3. The monoisotopic (exact) mass is 1140 g/mol. The van der Waals surface area contributed by atoms with Crippen LogP contribution in [0.4, 0.5) is 17.1 Å². The molecule has 0 spiro atoms. The van der Waals surface area contributed by atoms with Gasteiger partial charge in [0.1, 0.15) is 0 Å². The van der Waals surface area contributed by atoms with E-state index in [1.165, 1.54) is 55.3 Å². The number of rotatable bonds is 10. The van der Waals surface area contributed by atoms with Crippen LogP contribution >= 0.6 is 0 Å². The Balaban J connectivity index is 0.999. The lowest BCUT2D eigenvalue weighted by Gasteiger charge is -2.30. The lowest BCUT2D eigenvalue weighted by Crippen LogP contribution is -2.23. The first-order valence-corrected chi connectivity index (χ1v) is 30.5. The summed E-state index contributed by atoms with van der Waals surface area (Å²) in [5, 5.41) is 2.41. The molecule has 2 aliphatic carbocycles. The van der Waals surface area contributed by atoms with Crippen molar-refractivity contribution in [2.75, 3.05) is 4.90 Å². The van der Waals surface area contributed by atoms with E-state index in [1.807, 2.05) is 30.3 Å². The van der Waals surface area contributed by atoms with Crippen LogP contribution in [0.15, 0.2) is 279 Å². The second-order valence-electron chi connectivity index (χ2n) is 24.2. The Kier molecular flexibility index (Phi) is 13.3. The quantitative estimate of drug-likeness (QED) is 0.123. The number of hydrogen-bond acceptors (Lipinski definition) is 1. The van der Waals surface area contributed by atoms with Crippen LogP contribution in [-0.2, 0) is 10.8 Å². The van der Waals surface area contributed by atoms with Gasteiger partial charge in [-0.25, -0.2) is 0 Å². The van der Waals surface area contributed by atoms with Crippen LogP contribution in [0.5, 0.6) is 0 Å². The van der Waals surface area contributed by atoms with E-state index in [-0.39, 0.29) is 5.41 Å². The third kappa shape index (κ3) is 8.80. The summed E-state index contributed by atoms with van der Waals surface area (Å²) in [6.45, 7) is 7.27. The Labute approximate surface area is 528 Å². The zero-order valence-corrected chi connectivity index (χ0v) is 50.3. The van der Waals surface area contributed by atoms with Crippen LogP contribution in [0.25, 0.3) is 99.8 Å². The summed E-state index contributed by atoms with van der Waals surface area (Å²) in [5.74, 6) is 11.6. The molecule has 90 heavy (non-hydrogen) atoms. The average molecular weight is 1140 g/mol. The number of nitrogens with zero attached hydrogens (tertiary/aromatic N) is 1. The molecule has 420 valence electrons. The molecule has 2 aliphatic rings. The third-order valence-corrected chi connectivity index (χ3v) is 19.0. The summed E-state index contributed by atoms with van der Waals surface area (Å²) >= 11 is 0. The number of benzene rings is 13. The molecule has 0 bridgehead atoms. The lowest BCUT2D eigenvalue weighted by atomic mass is 9.72. The minimum Gasteiger partial charge on any atom is -0.310 e. The highest BCUT2D eigenvalue weighted by Gasteiger charge is 2.46. The van der Waals surface area contributed by atoms with Gasteiger partial charge in [0.15, 0.2) is 0 Å². The molecule has 0 N–H and O–H groups in total. The maximum atomic E-state index is 6.44. The van der Waals surface area contributed by atoms with Crippen molar-refractivity contribution >= 4 is 27.8 Å². The van der Waals surface area contributed by atoms with Gasteiger partial charge in [-0.15, -0.1) is 25.7 Å². The average Bonchev–Trinajstić information content (AvgIpc) is 1.52. The van der Waals surface area contributed by atoms with Crippen molar-refractivity contribution in [3.8, 4) is 138 Å². The highest BCUT2D eigenvalue weighted by atomic mass is 15.1. The van der Waals surface area contributed by atoms with Gasteiger partial charge in [0.05, 0.1) is 5.69 Å². The van der Waals surface area contributed by atoms with Gasteiger partial charge in [-0.2, -0.15) is 0 Å². The summed E-state index contributed by atoms with van der Waals surface area (Å²) in [5.41, 5.74) is 28.4. The molecule has 1 atom stereocenters. The third-order valence-electron chi connectivity index (χ3n) is 19.0. The summed E-state index contributed by atoms with van der Waals surface area (Å²) < 4.78 is 0. The largest absolute Gasteiger partial charge is 0.310 e. The zero-order chi connectivity index (χ0) is 61.3. The molecule has 1 heteroatoms. The molecule has 0 saturated carbocycles. The molecule has 1 nitrogen and oxygen atoms in total. The number of terminal acetylenes is 4. The van der Waals surface area contributed by atoms with Gasteiger partial charge in [0.25, 0.3) is 0 Å². The normalized spacial score (nSPS) is 13.8. The molecule has 13 aromatic rings. The predicted octanol–water partition coefficient (Wildman–Crippen LogP) is 21.9. The highest BCUT2D eigenvalue weighted by molar-refractivity contribution is 6.11. The summed E-state index contributed by atoms with van der Waals surface area (Å²) in [6, 6.07) is 101. The topological polar surface area (TPSA) is 3.24 Å². The number of fused-ring (bicyclic) bond motifs is 8. The van der Waals surface area contributed by atoms with E-state index in [2.05, 4.69) is 298 Å². The molecular formula is C89H59N. The zero-order valence-electron chi connectivity index (χ0n) is 50.3. The summed E-state index contributed by atoms with van der Waals surface area (Å²) in [7, 11) is 0. The maximum Gasteiger partial charge on any atom is 0.0543 e. The minimum absolute atomic E-state index is 0.356. The van der Waals surface area contributed by atoms with Gasteiger partial charge in [0, 0.05) is 49.8 Å². The van der Waals surface area contributed by atoms with Crippen molar-refractivity contribution in [3.63, 3.8) is 0 Å². The molecule has 0 heterocycles. The fraction of sp³-hybridized carbons (Fsp3) is 0.0562. The van der Waals surface area contributed by atoms with E-state index in [0.29, 0.717) is 22.3 Å². The smallest absolute Gasteiger partial charge is 0.0543 e. The molecule has 0 saturated heterocycles. The van der Waals surface area contributed by atoms with Crippen molar-refractivity contribution in [2.24, 2.45) is 0 Å². The molecule has 15 rings (SSSR count). The lowest BCUT2D eigenvalue weighted by molar-refractivity contribution is 0.660. The van der Waals surface area contributed by atoms with Crippen LogP contribution < -0.4 is 4.90 Å². The van der Waals surface area contributed by atoms with Crippen LogP contribution in [-0.4, -0.2) is 0 Å². The van der Waals surface area contributed by atoms with Gasteiger partial charge >= 0.3 is 0 Å². The van der Waals surface area contributed by atoms with E-state index in [1.54, 1.807) is 0 Å². The van der Waals surface area contributed by atoms with Crippen LogP contribution in [0.3, 0.4) is 0 Å². The van der Waals surface area contributed by atoms with E-state index >= 15 is 0 Å². The predicted molar refractivity (Wildman–Crippen MR) is 378 cm³/mol.